The third-order valence-corrected chi connectivity index (χ3v) is 5.01. The number of pyridine rings is 1. The first-order chi connectivity index (χ1) is 13.5. The normalized spacial score (nSPS) is 16.6. The minimum atomic E-state index is -0.189. The van der Waals surface area contributed by atoms with E-state index in [4.69, 9.17) is 10.5 Å². The second-order valence-corrected chi connectivity index (χ2v) is 7.02. The maximum Gasteiger partial charge on any atom is 0.166 e. The van der Waals surface area contributed by atoms with Gasteiger partial charge in [0.25, 0.3) is 0 Å². The minimum absolute atomic E-state index is 0.189. The number of rotatable bonds is 0. The largest absolute Gasteiger partial charge is 0.482 e. The minimum Gasteiger partial charge on any atom is -0.482 e. The lowest BCUT2D eigenvalue weighted by molar-refractivity contribution is 0.226. The lowest BCUT2D eigenvalue weighted by Crippen LogP contribution is -2.09. The van der Waals surface area contributed by atoms with Crippen LogP contribution in [-0.4, -0.2) is 14.8 Å². The van der Waals surface area contributed by atoms with Crippen LogP contribution in [0.5, 0.6) is 5.75 Å². The number of fused-ring (bicyclic) bond motifs is 5. The monoisotopic (exact) mass is 371 g/mol. The molecule has 6 heteroatoms. The summed E-state index contributed by atoms with van der Waals surface area (Å²) in [5.41, 5.74) is 12.2. The van der Waals surface area contributed by atoms with Gasteiger partial charge in [0, 0.05) is 24.4 Å². The van der Waals surface area contributed by atoms with E-state index in [0.29, 0.717) is 17.3 Å². The fourth-order valence-corrected chi connectivity index (χ4v) is 3.59. The molecule has 4 rings (SSSR count). The molecule has 1 aromatic carbocycles. The highest BCUT2D eigenvalue weighted by Crippen LogP contribution is 2.35. The number of anilines is 1. The maximum atomic E-state index is 9.62. The molecule has 0 saturated heterocycles. The van der Waals surface area contributed by atoms with E-state index in [2.05, 4.69) is 47.4 Å². The summed E-state index contributed by atoms with van der Waals surface area (Å²) in [6.07, 6.45) is 6.24. The molecule has 0 fully saturated rings. The Morgan fingerprint density at radius 1 is 1.32 bits per heavy atom. The second kappa shape index (κ2) is 6.86. The molecule has 1 aliphatic rings. The Hall–Kier alpha value is -3.59. The summed E-state index contributed by atoms with van der Waals surface area (Å²) >= 11 is 0. The van der Waals surface area contributed by atoms with E-state index in [1.54, 1.807) is 17.9 Å². The fourth-order valence-electron chi connectivity index (χ4n) is 3.59. The highest BCUT2D eigenvalue weighted by atomic mass is 16.5. The van der Waals surface area contributed by atoms with Crippen LogP contribution in [-0.2, 0) is 13.5 Å². The Bertz CT molecular complexity index is 1140. The number of nitrogen functional groups attached to an aromatic ring is 1. The number of hydrogen-bond donors (Lipinski definition) is 1. The average Bonchev–Trinajstić information content (AvgIpc) is 2.99. The number of aryl methyl sites for hydroxylation is 2. The van der Waals surface area contributed by atoms with Crippen LogP contribution in [0.4, 0.5) is 5.82 Å². The molecule has 140 valence electrons. The number of aromatic nitrogens is 3. The van der Waals surface area contributed by atoms with E-state index in [-0.39, 0.29) is 6.10 Å². The Kier molecular flexibility index (Phi) is 4.36. The third-order valence-electron chi connectivity index (χ3n) is 5.01. The highest BCUT2D eigenvalue weighted by molar-refractivity contribution is 5.79. The first-order valence-corrected chi connectivity index (χ1v) is 9.13. The molecule has 1 aliphatic heterocycles. The van der Waals surface area contributed by atoms with E-state index in [0.717, 1.165) is 28.8 Å². The molecule has 0 amide bonds. The van der Waals surface area contributed by atoms with Crippen molar-refractivity contribution in [1.29, 1.82) is 5.26 Å². The number of benzene rings is 1. The van der Waals surface area contributed by atoms with E-state index in [9.17, 15) is 5.26 Å². The van der Waals surface area contributed by atoms with E-state index >= 15 is 0 Å². The summed E-state index contributed by atoms with van der Waals surface area (Å²) in [6.45, 7) is 4.08. The van der Waals surface area contributed by atoms with Gasteiger partial charge in [0.1, 0.15) is 17.9 Å². The standard InChI is InChI=1S/C22H21N5O/c1-13-7-8-15-5-4-6-18-21(19(11-23)27(3)26-18)16-10-20(22(24)25-12-16)28-14(2)17(15)9-13/h4,6-10,12,14H,5H2,1-3H3,(H2,24,25)/b6-4+/t14-/m1/s1. The first kappa shape index (κ1) is 17.8. The van der Waals surface area contributed by atoms with Crippen LogP contribution in [0.3, 0.4) is 0 Å². The number of nitriles is 1. The van der Waals surface area contributed by atoms with Gasteiger partial charge in [-0.25, -0.2) is 4.98 Å². The molecule has 0 aliphatic carbocycles. The van der Waals surface area contributed by atoms with Crippen LogP contribution in [0.1, 0.15) is 41.1 Å². The molecular formula is C22H21N5O. The summed E-state index contributed by atoms with van der Waals surface area (Å²) < 4.78 is 7.80. The fraction of sp³-hybridized carbons (Fsp3) is 0.227. The molecule has 2 aromatic heterocycles. The van der Waals surface area contributed by atoms with Gasteiger partial charge in [-0.3, -0.25) is 4.68 Å². The van der Waals surface area contributed by atoms with Gasteiger partial charge in [0.2, 0.25) is 0 Å². The third kappa shape index (κ3) is 3.01. The van der Waals surface area contributed by atoms with Crippen LogP contribution in [0.2, 0.25) is 0 Å². The first-order valence-electron chi connectivity index (χ1n) is 9.13. The number of nitrogens with zero attached hydrogens (tertiary/aromatic N) is 4. The van der Waals surface area contributed by atoms with Crippen LogP contribution >= 0.6 is 0 Å². The molecule has 3 heterocycles. The molecule has 0 saturated carbocycles. The predicted octanol–water partition coefficient (Wildman–Crippen LogP) is 3.95. The van der Waals surface area contributed by atoms with Gasteiger partial charge in [-0.05, 0) is 43.5 Å². The van der Waals surface area contributed by atoms with Gasteiger partial charge in [0.05, 0.1) is 5.69 Å². The van der Waals surface area contributed by atoms with E-state index < -0.39 is 0 Å². The Morgan fingerprint density at radius 2 is 2.14 bits per heavy atom. The van der Waals surface area contributed by atoms with Crippen LogP contribution in [0.25, 0.3) is 17.2 Å². The smallest absolute Gasteiger partial charge is 0.166 e. The van der Waals surface area contributed by atoms with Crippen molar-refractivity contribution in [2.75, 3.05) is 5.73 Å². The number of hydrogen-bond acceptors (Lipinski definition) is 5. The number of allylic oxidation sites excluding steroid dienone is 1. The molecule has 2 bridgehead atoms. The second-order valence-electron chi connectivity index (χ2n) is 7.02. The van der Waals surface area contributed by atoms with Crippen molar-refractivity contribution >= 4 is 11.9 Å². The Balaban J connectivity index is 1.96. The molecule has 1 atom stereocenters. The summed E-state index contributed by atoms with van der Waals surface area (Å²) in [5, 5.41) is 14.1. The van der Waals surface area contributed by atoms with Gasteiger partial charge < -0.3 is 10.5 Å². The van der Waals surface area contributed by atoms with E-state index in [1.807, 2.05) is 19.1 Å². The van der Waals surface area contributed by atoms with Crippen LogP contribution in [0.15, 0.2) is 36.5 Å². The van der Waals surface area contributed by atoms with Crippen molar-refractivity contribution in [2.45, 2.75) is 26.4 Å². The van der Waals surface area contributed by atoms with Gasteiger partial charge in [0.15, 0.2) is 11.6 Å². The highest BCUT2D eigenvalue weighted by Gasteiger charge is 2.20. The zero-order chi connectivity index (χ0) is 19.8. The van der Waals surface area contributed by atoms with Crippen molar-refractivity contribution in [3.63, 3.8) is 0 Å². The molecule has 0 spiro atoms. The molecule has 28 heavy (non-hydrogen) atoms. The van der Waals surface area contributed by atoms with Crippen LogP contribution < -0.4 is 10.5 Å². The summed E-state index contributed by atoms with van der Waals surface area (Å²) in [7, 11) is 1.76. The van der Waals surface area contributed by atoms with E-state index in [1.165, 1.54) is 11.1 Å². The topological polar surface area (TPSA) is 89.8 Å². The summed E-state index contributed by atoms with van der Waals surface area (Å²) in [5.74, 6) is 0.821. The Morgan fingerprint density at radius 3 is 2.93 bits per heavy atom. The predicted molar refractivity (Wildman–Crippen MR) is 109 cm³/mol. The molecule has 0 radical (unpaired) electrons. The SMILES string of the molecule is Cc1ccc2c(c1)[C@@H](C)Oc1cc(cnc1N)-c1c(nn(C)c1C#N)/C=C/C2. The molecule has 3 aromatic rings. The zero-order valence-electron chi connectivity index (χ0n) is 16.1. The maximum absolute atomic E-state index is 9.62. The lowest BCUT2D eigenvalue weighted by Gasteiger charge is -2.20. The van der Waals surface area contributed by atoms with Crippen molar-refractivity contribution in [1.82, 2.24) is 14.8 Å². The van der Waals surface area contributed by atoms with Crippen molar-refractivity contribution in [3.8, 4) is 22.9 Å². The number of nitrogens with two attached hydrogens (primary N) is 1. The van der Waals surface area contributed by atoms with Crippen molar-refractivity contribution in [3.05, 3.63) is 64.6 Å². The van der Waals surface area contributed by atoms with Gasteiger partial charge in [-0.1, -0.05) is 29.8 Å². The molecule has 2 N–H and O–H groups in total. The summed E-state index contributed by atoms with van der Waals surface area (Å²) in [4.78, 5) is 4.30. The molecular weight excluding hydrogens is 350 g/mol. The Labute approximate surface area is 163 Å². The molecule has 6 nitrogen and oxygen atoms in total. The van der Waals surface area contributed by atoms with Gasteiger partial charge in [-0.15, -0.1) is 0 Å². The van der Waals surface area contributed by atoms with Gasteiger partial charge >= 0.3 is 0 Å². The zero-order valence-corrected chi connectivity index (χ0v) is 16.1. The summed E-state index contributed by atoms with van der Waals surface area (Å²) in [6, 6.07) is 10.4. The van der Waals surface area contributed by atoms with Crippen molar-refractivity contribution in [2.24, 2.45) is 7.05 Å². The lowest BCUT2D eigenvalue weighted by atomic mass is 9.97. The van der Waals surface area contributed by atoms with Gasteiger partial charge in [-0.2, -0.15) is 10.4 Å². The van der Waals surface area contributed by atoms with Crippen LogP contribution in [0, 0.1) is 18.3 Å². The molecule has 0 unspecified atom stereocenters. The average molecular weight is 371 g/mol. The van der Waals surface area contributed by atoms with Crippen molar-refractivity contribution < 1.29 is 4.74 Å². The number of ether oxygens (including phenoxy) is 1. The quantitative estimate of drug-likeness (QED) is 0.646.